The number of hydrogen-bond acceptors (Lipinski definition) is 11. The predicted octanol–water partition coefficient (Wildman–Crippen LogP) is -0.573. The van der Waals surface area contributed by atoms with Crippen LogP contribution in [-0.4, -0.2) is 98.6 Å². The summed E-state index contributed by atoms with van der Waals surface area (Å²) < 4.78 is 53.2. The molecule has 0 spiro atoms. The lowest BCUT2D eigenvalue weighted by molar-refractivity contribution is -0.0259. The molecule has 0 saturated heterocycles. The zero-order valence-corrected chi connectivity index (χ0v) is 19.2. The molecular weight excluding hydrogens is 446 g/mol. The van der Waals surface area contributed by atoms with Gasteiger partial charge in [-0.2, -0.15) is 0 Å². The predicted molar refractivity (Wildman–Crippen MR) is 108 cm³/mol. The van der Waals surface area contributed by atoms with Crippen molar-refractivity contribution in [2.45, 2.75) is 31.5 Å². The Hall–Kier alpha value is 0.0200. The molecule has 0 aromatic rings. The highest BCUT2D eigenvalue weighted by molar-refractivity contribution is 7.53. The molecule has 0 aliphatic heterocycles. The first-order valence-corrected chi connectivity index (χ1v) is 12.7. The van der Waals surface area contributed by atoms with Gasteiger partial charge >= 0.3 is 15.2 Å². The second-order valence-corrected chi connectivity index (χ2v) is 10.8. The summed E-state index contributed by atoms with van der Waals surface area (Å²) in [5.41, 5.74) is 9.64. The van der Waals surface area contributed by atoms with Gasteiger partial charge in [0.05, 0.1) is 71.7 Å². The molecule has 3 atom stereocenters. The van der Waals surface area contributed by atoms with Crippen LogP contribution in [-0.2, 0) is 37.1 Å². The van der Waals surface area contributed by atoms with E-state index in [1.54, 1.807) is 13.8 Å². The molecule has 0 saturated carbocycles. The smallest absolute Gasteiger partial charge is 0.358 e. The van der Waals surface area contributed by atoms with E-state index >= 15 is 0 Å². The summed E-state index contributed by atoms with van der Waals surface area (Å²) in [6.45, 7) is 4.57. The molecule has 0 aliphatic carbocycles. The Kier molecular flexibility index (Phi) is 16.6. The van der Waals surface area contributed by atoms with E-state index in [-0.39, 0.29) is 39.6 Å². The Balaban J connectivity index is 3.39. The fourth-order valence-electron chi connectivity index (χ4n) is 1.58. The van der Waals surface area contributed by atoms with E-state index in [0.717, 1.165) is 0 Å². The first-order chi connectivity index (χ1) is 14.0. The van der Waals surface area contributed by atoms with E-state index in [1.807, 2.05) is 0 Å². The van der Waals surface area contributed by atoms with Crippen molar-refractivity contribution in [1.82, 2.24) is 0 Å². The average molecular weight is 482 g/mol. The van der Waals surface area contributed by atoms with Crippen LogP contribution in [0.1, 0.15) is 13.8 Å². The summed E-state index contributed by atoms with van der Waals surface area (Å²) in [6.07, 6.45) is -1.01. The second-order valence-electron chi connectivity index (χ2n) is 6.41. The number of aliphatic hydroxyl groups excluding tert-OH is 1. The third-order valence-corrected chi connectivity index (χ3v) is 6.54. The van der Waals surface area contributed by atoms with Crippen molar-refractivity contribution in [3.63, 3.8) is 0 Å². The van der Waals surface area contributed by atoms with E-state index in [9.17, 15) is 24.0 Å². The molecule has 0 aromatic heterocycles. The summed E-state index contributed by atoms with van der Waals surface area (Å²) in [6, 6.07) is 0. The fourth-order valence-corrected chi connectivity index (χ4v) is 2.77. The number of nitrogens with two attached hydrogens (primary N) is 2. The molecule has 0 bridgehead atoms. The normalized spacial score (nSPS) is 17.2. The van der Waals surface area contributed by atoms with Gasteiger partial charge in [0.1, 0.15) is 6.10 Å². The summed E-state index contributed by atoms with van der Waals surface area (Å²) in [5, 5.41) is 9.64. The molecule has 0 amide bonds. The standard InChI is InChI=1S/C15H36N2O11P2/c1-13(2)29(19,20)28-12-14(18)11-26-8-7-24-4-3-23-5-6-25-9-10-27-30(21,22)15(16)17/h13-15,18H,3-12,16-17H2,1-2H3,(H,19,20)(H,21,22). The molecule has 0 fully saturated rings. The Morgan fingerprint density at radius 1 is 0.700 bits per heavy atom. The maximum Gasteiger partial charge on any atom is 0.358 e. The molecule has 3 unspecified atom stereocenters. The van der Waals surface area contributed by atoms with Crippen LogP contribution in [0.3, 0.4) is 0 Å². The molecule has 182 valence electrons. The quantitative estimate of drug-likeness (QED) is 0.0839. The number of aliphatic hydroxyl groups is 1. The van der Waals surface area contributed by atoms with Gasteiger partial charge in [-0.15, -0.1) is 0 Å². The molecule has 0 aromatic carbocycles. The number of hydrogen-bond donors (Lipinski definition) is 5. The van der Waals surface area contributed by atoms with Gasteiger partial charge in [0.25, 0.3) is 0 Å². The lowest BCUT2D eigenvalue weighted by atomic mass is 10.4. The molecule has 15 heteroatoms. The number of ether oxygens (including phenoxy) is 4. The van der Waals surface area contributed by atoms with Crippen molar-refractivity contribution in [2.75, 3.05) is 66.1 Å². The SMILES string of the molecule is CC(C)P(=O)(O)OCC(O)COCCOCCOCCOCCOP(=O)(O)C(N)N. The maximum absolute atomic E-state index is 11.6. The maximum atomic E-state index is 11.6. The number of rotatable bonds is 20. The van der Waals surface area contributed by atoms with Crippen LogP contribution in [0, 0.1) is 0 Å². The van der Waals surface area contributed by atoms with Gasteiger partial charge in [-0.25, -0.2) is 0 Å². The lowest BCUT2D eigenvalue weighted by Gasteiger charge is -2.18. The van der Waals surface area contributed by atoms with Gasteiger partial charge in [0, 0.05) is 0 Å². The van der Waals surface area contributed by atoms with E-state index in [1.165, 1.54) is 0 Å². The fraction of sp³-hybridized carbons (Fsp3) is 1.00. The van der Waals surface area contributed by atoms with Gasteiger partial charge in [0.2, 0.25) is 0 Å². The van der Waals surface area contributed by atoms with Gasteiger partial charge in [0.15, 0.2) is 5.91 Å². The molecular formula is C15H36N2O11P2. The molecule has 30 heavy (non-hydrogen) atoms. The van der Waals surface area contributed by atoms with Crippen LogP contribution in [0.4, 0.5) is 0 Å². The third-order valence-electron chi connectivity index (χ3n) is 3.41. The van der Waals surface area contributed by atoms with Crippen LogP contribution in [0.25, 0.3) is 0 Å². The first-order valence-electron chi connectivity index (χ1n) is 9.43. The van der Waals surface area contributed by atoms with Crippen LogP contribution < -0.4 is 11.5 Å². The molecule has 0 aliphatic rings. The Labute approximate surface area is 177 Å². The third kappa shape index (κ3) is 15.8. The second kappa shape index (κ2) is 16.6. The van der Waals surface area contributed by atoms with Gasteiger partial charge in [-0.3, -0.25) is 9.13 Å². The summed E-state index contributed by atoms with van der Waals surface area (Å²) in [7, 11) is -7.69. The summed E-state index contributed by atoms with van der Waals surface area (Å²) in [4.78, 5) is 18.7. The topological polar surface area (TPSA) is 202 Å². The minimum Gasteiger partial charge on any atom is -0.388 e. The highest BCUT2D eigenvalue weighted by Gasteiger charge is 2.26. The van der Waals surface area contributed by atoms with Crippen LogP contribution in [0.2, 0.25) is 0 Å². The van der Waals surface area contributed by atoms with Crippen molar-refractivity contribution in [3.05, 3.63) is 0 Å². The summed E-state index contributed by atoms with van der Waals surface area (Å²) in [5.74, 6) is -1.44. The minimum atomic E-state index is -3.99. The van der Waals surface area contributed by atoms with Crippen molar-refractivity contribution in [2.24, 2.45) is 11.5 Å². The van der Waals surface area contributed by atoms with Crippen LogP contribution in [0.5, 0.6) is 0 Å². The molecule has 7 N–H and O–H groups in total. The van der Waals surface area contributed by atoms with Gasteiger partial charge < -0.3 is 54.4 Å². The Morgan fingerprint density at radius 2 is 1.13 bits per heavy atom. The molecule has 0 rings (SSSR count). The largest absolute Gasteiger partial charge is 0.388 e. The highest BCUT2D eigenvalue weighted by atomic mass is 31.2. The highest BCUT2D eigenvalue weighted by Crippen LogP contribution is 2.46. The lowest BCUT2D eigenvalue weighted by Crippen LogP contribution is -2.31. The Bertz CT molecular complexity index is 525. The minimum absolute atomic E-state index is 0.0397. The van der Waals surface area contributed by atoms with Crippen molar-refractivity contribution < 1.29 is 52.0 Å². The van der Waals surface area contributed by atoms with Crippen molar-refractivity contribution in [3.8, 4) is 0 Å². The van der Waals surface area contributed by atoms with Crippen molar-refractivity contribution in [1.29, 1.82) is 0 Å². The monoisotopic (exact) mass is 482 g/mol. The molecule has 13 nitrogen and oxygen atoms in total. The van der Waals surface area contributed by atoms with Gasteiger partial charge in [-0.1, -0.05) is 13.8 Å². The zero-order chi connectivity index (χ0) is 23.0. The van der Waals surface area contributed by atoms with Crippen molar-refractivity contribution >= 4 is 15.2 Å². The first kappa shape index (κ1) is 30.0. The summed E-state index contributed by atoms with van der Waals surface area (Å²) >= 11 is 0. The average Bonchev–Trinajstić information content (AvgIpc) is 2.66. The molecule has 0 radical (unpaired) electrons. The molecule has 0 heterocycles. The van der Waals surface area contributed by atoms with Crippen LogP contribution >= 0.6 is 15.2 Å². The van der Waals surface area contributed by atoms with E-state index < -0.39 is 32.9 Å². The van der Waals surface area contributed by atoms with E-state index in [0.29, 0.717) is 26.4 Å². The Morgan fingerprint density at radius 3 is 1.57 bits per heavy atom. The van der Waals surface area contributed by atoms with Gasteiger partial charge in [-0.05, 0) is 0 Å². The van der Waals surface area contributed by atoms with E-state index in [2.05, 4.69) is 4.52 Å². The van der Waals surface area contributed by atoms with E-state index in [4.69, 9.17) is 34.9 Å². The zero-order valence-electron chi connectivity index (χ0n) is 17.5. The van der Waals surface area contributed by atoms with Crippen LogP contribution in [0.15, 0.2) is 0 Å².